The molecule has 0 radical (unpaired) electrons. The summed E-state index contributed by atoms with van der Waals surface area (Å²) < 4.78 is 11.1. The summed E-state index contributed by atoms with van der Waals surface area (Å²) in [4.78, 5) is 10.6. The van der Waals surface area contributed by atoms with Gasteiger partial charge in [-0.3, -0.25) is 0 Å². The van der Waals surface area contributed by atoms with E-state index in [0.29, 0.717) is 0 Å². The van der Waals surface area contributed by atoms with E-state index in [9.17, 15) is 0 Å². The Balaban J connectivity index is 1.76. The van der Waals surface area contributed by atoms with Crippen LogP contribution in [0.2, 0.25) is 0 Å². The third-order valence-corrected chi connectivity index (χ3v) is 3.02. The van der Waals surface area contributed by atoms with Crippen LogP contribution in [-0.4, -0.2) is 24.8 Å². The average molecular weight is 186 g/mol. The highest BCUT2D eigenvalue weighted by molar-refractivity contribution is 4.88. The number of ether oxygens (including phenoxy) is 2. The minimum atomic E-state index is -0.482. The Morgan fingerprint density at radius 2 is 1.31 bits per heavy atom. The molecule has 0 unspecified atom stereocenters. The molecule has 4 nitrogen and oxygen atoms in total. The number of hydrogen-bond donors (Lipinski definition) is 0. The molecule has 0 amide bonds. The lowest BCUT2D eigenvalue weighted by Crippen LogP contribution is -2.31. The van der Waals surface area contributed by atoms with E-state index in [1.54, 1.807) is 0 Å². The molecule has 2 spiro atoms. The van der Waals surface area contributed by atoms with Gasteiger partial charge in [0.15, 0.2) is 0 Å². The van der Waals surface area contributed by atoms with Crippen molar-refractivity contribution in [3.05, 3.63) is 0 Å². The Hall–Kier alpha value is -0.160. The van der Waals surface area contributed by atoms with Crippen LogP contribution in [0.5, 0.6) is 0 Å². The second-order valence-corrected chi connectivity index (χ2v) is 4.07. The zero-order valence-electron chi connectivity index (χ0n) is 7.58. The van der Waals surface area contributed by atoms with Gasteiger partial charge in [0, 0.05) is 12.8 Å². The van der Waals surface area contributed by atoms with Gasteiger partial charge in [0.1, 0.15) is 0 Å². The van der Waals surface area contributed by atoms with Gasteiger partial charge in [-0.2, -0.15) is 9.78 Å². The van der Waals surface area contributed by atoms with Crippen LogP contribution in [-0.2, 0) is 19.2 Å². The Morgan fingerprint density at radius 3 is 1.69 bits per heavy atom. The van der Waals surface area contributed by atoms with Crippen molar-refractivity contribution >= 4 is 0 Å². The lowest BCUT2D eigenvalue weighted by Gasteiger charge is -2.19. The fourth-order valence-corrected chi connectivity index (χ4v) is 2.38. The molecule has 13 heavy (non-hydrogen) atoms. The average Bonchev–Trinajstić information content (AvgIpc) is 2.81. The van der Waals surface area contributed by atoms with E-state index >= 15 is 0 Å². The first-order chi connectivity index (χ1) is 6.33. The Morgan fingerprint density at radius 1 is 0.769 bits per heavy atom. The summed E-state index contributed by atoms with van der Waals surface area (Å²) in [6, 6.07) is 0. The first-order valence-electron chi connectivity index (χ1n) is 4.97. The van der Waals surface area contributed by atoms with Crippen LogP contribution >= 0.6 is 0 Å². The zero-order valence-corrected chi connectivity index (χ0v) is 7.58. The topological polar surface area (TPSA) is 36.9 Å². The summed E-state index contributed by atoms with van der Waals surface area (Å²) in [5.41, 5.74) is 0. The van der Waals surface area contributed by atoms with Crippen LogP contribution in [0.15, 0.2) is 0 Å². The molecule has 3 fully saturated rings. The quantitative estimate of drug-likeness (QED) is 0.535. The normalized spacial score (nSPS) is 49.8. The van der Waals surface area contributed by atoms with Gasteiger partial charge in [-0.05, 0) is 12.8 Å². The van der Waals surface area contributed by atoms with Crippen molar-refractivity contribution < 1.29 is 19.2 Å². The molecule has 4 heteroatoms. The van der Waals surface area contributed by atoms with E-state index in [-0.39, 0.29) is 0 Å². The summed E-state index contributed by atoms with van der Waals surface area (Å²) in [5, 5.41) is 0. The molecule has 3 aliphatic rings. The highest BCUT2D eigenvalue weighted by Gasteiger charge is 2.56. The molecule has 0 aromatic carbocycles. The monoisotopic (exact) mass is 186 g/mol. The minimum Gasteiger partial charge on any atom is -0.347 e. The first kappa shape index (κ1) is 8.17. The summed E-state index contributed by atoms with van der Waals surface area (Å²) in [6.07, 6.45) is 4.70. The van der Waals surface area contributed by atoms with Gasteiger partial charge in [0.05, 0.1) is 19.6 Å². The van der Waals surface area contributed by atoms with Crippen LogP contribution in [0.3, 0.4) is 0 Å². The fourth-order valence-electron chi connectivity index (χ4n) is 2.38. The summed E-state index contributed by atoms with van der Waals surface area (Å²) in [6.45, 7) is 1.55. The lowest BCUT2D eigenvalue weighted by molar-refractivity contribution is -0.422. The van der Waals surface area contributed by atoms with E-state index in [4.69, 9.17) is 19.2 Å². The second-order valence-electron chi connectivity index (χ2n) is 4.07. The van der Waals surface area contributed by atoms with Gasteiger partial charge in [0.25, 0.3) is 0 Å². The Labute approximate surface area is 77.0 Å². The molecule has 2 atom stereocenters. The van der Waals surface area contributed by atoms with Crippen LogP contribution in [0.25, 0.3) is 0 Å². The van der Waals surface area contributed by atoms with Crippen LogP contribution < -0.4 is 0 Å². The molecule has 0 aliphatic carbocycles. The molecule has 0 aromatic heterocycles. The van der Waals surface area contributed by atoms with Crippen LogP contribution in [0.4, 0.5) is 0 Å². The maximum atomic E-state index is 5.56. The van der Waals surface area contributed by atoms with E-state index < -0.39 is 11.6 Å². The van der Waals surface area contributed by atoms with Crippen molar-refractivity contribution in [2.45, 2.75) is 43.7 Å². The zero-order chi connectivity index (χ0) is 8.78. The molecule has 0 N–H and O–H groups in total. The highest BCUT2D eigenvalue weighted by Crippen LogP contribution is 2.47. The number of hydrogen-bond acceptors (Lipinski definition) is 4. The smallest absolute Gasteiger partial charge is 0.207 e. The largest absolute Gasteiger partial charge is 0.347 e. The van der Waals surface area contributed by atoms with E-state index in [0.717, 1.165) is 45.3 Å². The number of rotatable bonds is 0. The summed E-state index contributed by atoms with van der Waals surface area (Å²) in [5.74, 6) is -0.964. The first-order valence-corrected chi connectivity index (χ1v) is 4.97. The minimum absolute atomic E-state index is 0.482. The highest BCUT2D eigenvalue weighted by atomic mass is 17.3. The third-order valence-electron chi connectivity index (χ3n) is 3.02. The molecular formula is C9H14O4. The molecule has 3 aliphatic heterocycles. The van der Waals surface area contributed by atoms with Crippen molar-refractivity contribution in [2.75, 3.05) is 13.2 Å². The third kappa shape index (κ3) is 1.21. The van der Waals surface area contributed by atoms with Gasteiger partial charge in [-0.25, -0.2) is 0 Å². The van der Waals surface area contributed by atoms with Crippen molar-refractivity contribution in [3.8, 4) is 0 Å². The Bertz CT molecular complexity index is 182. The summed E-state index contributed by atoms with van der Waals surface area (Å²) >= 11 is 0. The fraction of sp³-hybridized carbons (Fsp3) is 1.00. The van der Waals surface area contributed by atoms with Gasteiger partial charge in [-0.1, -0.05) is 0 Å². The van der Waals surface area contributed by atoms with E-state index in [1.165, 1.54) is 0 Å². The predicted molar refractivity (Wildman–Crippen MR) is 42.6 cm³/mol. The maximum absolute atomic E-state index is 5.56. The SMILES string of the molecule is C1CO[C@]2(C1)C[C@@]1(CCCO1)OO2. The van der Waals surface area contributed by atoms with E-state index in [1.807, 2.05) is 0 Å². The van der Waals surface area contributed by atoms with Crippen LogP contribution in [0.1, 0.15) is 32.1 Å². The molecule has 3 saturated heterocycles. The molecule has 74 valence electrons. The Kier molecular flexibility index (Phi) is 1.68. The maximum Gasteiger partial charge on any atom is 0.207 e. The van der Waals surface area contributed by atoms with Gasteiger partial charge < -0.3 is 9.47 Å². The second kappa shape index (κ2) is 2.67. The van der Waals surface area contributed by atoms with E-state index in [2.05, 4.69) is 0 Å². The van der Waals surface area contributed by atoms with Crippen molar-refractivity contribution in [1.29, 1.82) is 0 Å². The predicted octanol–water partition coefficient (Wildman–Crippen LogP) is 1.35. The molecule has 0 aromatic rings. The molecular weight excluding hydrogens is 172 g/mol. The van der Waals surface area contributed by atoms with Gasteiger partial charge >= 0.3 is 0 Å². The van der Waals surface area contributed by atoms with Crippen molar-refractivity contribution in [2.24, 2.45) is 0 Å². The van der Waals surface area contributed by atoms with Gasteiger partial charge in [-0.15, -0.1) is 0 Å². The van der Waals surface area contributed by atoms with Crippen molar-refractivity contribution in [1.82, 2.24) is 0 Å². The van der Waals surface area contributed by atoms with Crippen molar-refractivity contribution in [3.63, 3.8) is 0 Å². The standard InChI is InChI=1S/C9H14O4/c1-3-8(10-5-1)7-9(13-12-8)4-2-6-11-9/h1-7H2/t8-,9+. The van der Waals surface area contributed by atoms with Gasteiger partial charge in [0.2, 0.25) is 11.6 Å². The molecule has 0 saturated carbocycles. The molecule has 3 heterocycles. The molecule has 3 rings (SSSR count). The lowest BCUT2D eigenvalue weighted by atomic mass is 10.0. The summed E-state index contributed by atoms with van der Waals surface area (Å²) in [7, 11) is 0. The van der Waals surface area contributed by atoms with Crippen LogP contribution in [0, 0.1) is 0 Å². The molecule has 0 bridgehead atoms.